The summed E-state index contributed by atoms with van der Waals surface area (Å²) in [4.78, 5) is 0. The molecule has 1 heterocycles. The van der Waals surface area contributed by atoms with Crippen molar-refractivity contribution in [1.29, 1.82) is 0 Å². The lowest BCUT2D eigenvalue weighted by Gasteiger charge is -2.35. The Bertz CT molecular complexity index is 2120. The van der Waals surface area contributed by atoms with Gasteiger partial charge in [-0.1, -0.05) is 116 Å². The molecule has 0 saturated carbocycles. The van der Waals surface area contributed by atoms with Crippen LogP contribution in [0.4, 0.5) is 0 Å². The maximum Gasteiger partial charge on any atom is 0.177 e. The van der Waals surface area contributed by atoms with Gasteiger partial charge in [-0.2, -0.15) is 0 Å². The van der Waals surface area contributed by atoms with Crippen molar-refractivity contribution in [3.05, 3.63) is 138 Å². The summed E-state index contributed by atoms with van der Waals surface area (Å²) in [7, 11) is 2.13. The lowest BCUT2D eigenvalue weighted by atomic mass is 9.68. The lowest BCUT2D eigenvalue weighted by molar-refractivity contribution is -0.669. The van der Waals surface area contributed by atoms with E-state index in [9.17, 15) is 0 Å². The number of pyridine rings is 1. The van der Waals surface area contributed by atoms with Crippen LogP contribution in [0.3, 0.4) is 0 Å². The number of nitrogens with zero attached hydrogens (tertiary/aromatic N) is 1. The molecule has 0 atom stereocenters. The van der Waals surface area contributed by atoms with Crippen molar-refractivity contribution in [2.24, 2.45) is 7.05 Å². The number of aromatic nitrogens is 1. The van der Waals surface area contributed by atoms with E-state index in [4.69, 9.17) is 0 Å². The van der Waals surface area contributed by atoms with Gasteiger partial charge in [0.25, 0.3) is 0 Å². The van der Waals surface area contributed by atoms with Gasteiger partial charge in [0.15, 0.2) is 12.4 Å². The van der Waals surface area contributed by atoms with Crippen LogP contribution in [0.1, 0.15) is 30.5 Å². The molecule has 1 nitrogen and oxygen atoms in total. The Balaban J connectivity index is 1.46. The first-order valence-corrected chi connectivity index (χ1v) is 14.5. The van der Waals surface area contributed by atoms with Crippen molar-refractivity contribution in [3.63, 3.8) is 0 Å². The minimum absolute atomic E-state index is 0.120. The Hall–Kier alpha value is -4.75. The molecule has 0 aliphatic heterocycles. The summed E-state index contributed by atoms with van der Waals surface area (Å²) >= 11 is 0. The average Bonchev–Trinajstić information content (AvgIpc) is 2.99. The molecule has 1 aliphatic rings. The molecule has 0 spiro atoms. The Kier molecular flexibility index (Phi) is 5.06. The standard InChI is InChI=1S/C40H32N/c1-25-16-18-26(19-17-25)37-30-11-5-7-13-32(30)38(33-14-8-6-12-31(33)37)27-20-21-29-34-24-41(4)23-28-10-9-15-35(39(28)34)40(2,3)36(29)22-27/h5-24H,1-4H3/q+1. The van der Waals surface area contributed by atoms with Gasteiger partial charge in [0.1, 0.15) is 7.05 Å². The van der Waals surface area contributed by atoms with Gasteiger partial charge in [0.2, 0.25) is 0 Å². The Labute approximate surface area is 241 Å². The largest absolute Gasteiger partial charge is 0.207 e. The van der Waals surface area contributed by atoms with Crippen LogP contribution in [0.15, 0.2) is 122 Å². The molecule has 41 heavy (non-hydrogen) atoms. The predicted octanol–water partition coefficient (Wildman–Crippen LogP) is 9.92. The monoisotopic (exact) mass is 526 g/mol. The molecule has 0 saturated heterocycles. The van der Waals surface area contributed by atoms with Gasteiger partial charge >= 0.3 is 0 Å². The van der Waals surface area contributed by atoms with Crippen LogP contribution in [0.25, 0.3) is 65.7 Å². The molecular weight excluding hydrogens is 494 g/mol. The summed E-state index contributed by atoms with van der Waals surface area (Å²) in [5.41, 5.74) is 11.8. The van der Waals surface area contributed by atoms with Crippen molar-refractivity contribution in [3.8, 4) is 33.4 Å². The molecule has 0 N–H and O–H groups in total. The summed E-state index contributed by atoms with van der Waals surface area (Å²) in [5.74, 6) is 0. The van der Waals surface area contributed by atoms with E-state index in [-0.39, 0.29) is 5.41 Å². The predicted molar refractivity (Wildman–Crippen MR) is 173 cm³/mol. The molecule has 0 fully saturated rings. The molecule has 196 valence electrons. The van der Waals surface area contributed by atoms with Gasteiger partial charge in [-0.15, -0.1) is 0 Å². The third-order valence-corrected chi connectivity index (χ3v) is 9.26. The zero-order chi connectivity index (χ0) is 27.9. The second kappa shape index (κ2) is 8.62. The SMILES string of the molecule is Cc1ccc(-c2c3ccccc3c(-c3ccc4c(c3)C(C)(C)c3cccc5c[n+](C)cc-4c35)c3ccccc23)cc1. The molecule has 0 amide bonds. The van der Waals surface area contributed by atoms with Gasteiger partial charge < -0.3 is 0 Å². The summed E-state index contributed by atoms with van der Waals surface area (Å²) in [6, 6.07) is 40.8. The highest BCUT2D eigenvalue weighted by Crippen LogP contribution is 2.50. The van der Waals surface area contributed by atoms with Gasteiger partial charge in [-0.25, -0.2) is 4.57 Å². The normalized spacial score (nSPS) is 13.6. The van der Waals surface area contributed by atoms with E-state index < -0.39 is 0 Å². The quantitative estimate of drug-likeness (QED) is 0.156. The third-order valence-electron chi connectivity index (χ3n) is 9.26. The lowest BCUT2D eigenvalue weighted by Crippen LogP contribution is -2.30. The maximum atomic E-state index is 2.48. The van der Waals surface area contributed by atoms with E-state index in [1.54, 1.807) is 0 Å². The fraction of sp³-hybridized carbons (Fsp3) is 0.125. The molecule has 7 aromatic rings. The minimum atomic E-state index is -0.120. The summed E-state index contributed by atoms with van der Waals surface area (Å²) in [6.07, 6.45) is 4.53. The third kappa shape index (κ3) is 3.45. The second-order valence-electron chi connectivity index (χ2n) is 12.2. The Morgan fingerprint density at radius 1 is 0.537 bits per heavy atom. The first-order valence-electron chi connectivity index (χ1n) is 14.5. The van der Waals surface area contributed by atoms with Crippen LogP contribution in [-0.4, -0.2) is 0 Å². The van der Waals surface area contributed by atoms with E-state index in [0.717, 1.165) is 0 Å². The maximum absolute atomic E-state index is 2.48. The van der Waals surface area contributed by atoms with Crippen molar-refractivity contribution < 1.29 is 4.57 Å². The van der Waals surface area contributed by atoms with Crippen LogP contribution >= 0.6 is 0 Å². The number of fused-ring (bicyclic) bond motifs is 4. The number of aryl methyl sites for hydroxylation is 2. The van der Waals surface area contributed by atoms with Crippen LogP contribution in [0, 0.1) is 6.92 Å². The number of rotatable bonds is 2. The molecule has 1 aliphatic carbocycles. The summed E-state index contributed by atoms with van der Waals surface area (Å²) in [5, 5.41) is 7.87. The second-order valence-corrected chi connectivity index (χ2v) is 12.2. The van der Waals surface area contributed by atoms with E-state index in [0.29, 0.717) is 0 Å². The number of hydrogen-bond acceptors (Lipinski definition) is 0. The Morgan fingerprint density at radius 3 is 1.76 bits per heavy atom. The fourth-order valence-electron chi connectivity index (χ4n) is 7.30. The van der Waals surface area contributed by atoms with E-state index in [1.807, 2.05) is 0 Å². The zero-order valence-corrected chi connectivity index (χ0v) is 24.0. The number of hydrogen-bond donors (Lipinski definition) is 0. The van der Waals surface area contributed by atoms with Crippen molar-refractivity contribution in [1.82, 2.24) is 0 Å². The van der Waals surface area contributed by atoms with E-state index in [1.165, 1.54) is 82.4 Å². The summed E-state index contributed by atoms with van der Waals surface area (Å²) < 4.78 is 2.20. The van der Waals surface area contributed by atoms with Crippen molar-refractivity contribution >= 4 is 32.3 Å². The molecule has 0 unspecified atom stereocenters. The molecular formula is C40H32N+. The highest BCUT2D eigenvalue weighted by atomic mass is 14.9. The Morgan fingerprint density at radius 2 is 1.12 bits per heavy atom. The van der Waals surface area contributed by atoms with Gasteiger partial charge in [-0.05, 0) is 79.5 Å². The van der Waals surface area contributed by atoms with E-state index >= 15 is 0 Å². The zero-order valence-electron chi connectivity index (χ0n) is 24.0. The van der Waals surface area contributed by atoms with E-state index in [2.05, 4.69) is 154 Å². The summed E-state index contributed by atoms with van der Waals surface area (Å²) in [6.45, 7) is 6.92. The molecule has 0 bridgehead atoms. The minimum Gasteiger partial charge on any atom is -0.207 e. The van der Waals surface area contributed by atoms with Crippen molar-refractivity contribution in [2.45, 2.75) is 26.2 Å². The van der Waals surface area contributed by atoms with Gasteiger partial charge in [0.05, 0.1) is 5.56 Å². The highest BCUT2D eigenvalue weighted by molar-refractivity contribution is 6.21. The molecule has 1 aromatic heterocycles. The van der Waals surface area contributed by atoms with Crippen molar-refractivity contribution in [2.75, 3.05) is 0 Å². The smallest absolute Gasteiger partial charge is 0.177 e. The van der Waals surface area contributed by atoms with Crippen LogP contribution < -0.4 is 4.57 Å². The van der Waals surface area contributed by atoms with Crippen LogP contribution in [0.2, 0.25) is 0 Å². The van der Waals surface area contributed by atoms with Gasteiger partial charge in [0, 0.05) is 16.2 Å². The first kappa shape index (κ1) is 24.1. The molecule has 0 radical (unpaired) electrons. The molecule has 6 aromatic carbocycles. The highest BCUT2D eigenvalue weighted by Gasteiger charge is 2.35. The van der Waals surface area contributed by atoms with Crippen LogP contribution in [-0.2, 0) is 12.5 Å². The van der Waals surface area contributed by atoms with Gasteiger partial charge in [-0.3, -0.25) is 0 Å². The fourth-order valence-corrected chi connectivity index (χ4v) is 7.30. The number of benzene rings is 6. The first-order chi connectivity index (χ1) is 19.9. The average molecular weight is 527 g/mol. The molecule has 8 rings (SSSR count). The topological polar surface area (TPSA) is 3.88 Å². The molecule has 1 heteroatoms. The van der Waals surface area contributed by atoms with Crippen LogP contribution in [0.5, 0.6) is 0 Å².